The van der Waals surface area contributed by atoms with Gasteiger partial charge in [0.05, 0.1) is 6.17 Å². The molecule has 112 valence electrons. The molecular formula is C14H22N2O4. The molecule has 6 heteroatoms. The van der Waals surface area contributed by atoms with Crippen LogP contribution in [-0.2, 0) is 9.59 Å². The van der Waals surface area contributed by atoms with Gasteiger partial charge in [-0.25, -0.2) is 0 Å². The molecule has 0 heterocycles. The van der Waals surface area contributed by atoms with Gasteiger partial charge in [-0.15, -0.1) is 0 Å². The van der Waals surface area contributed by atoms with Crippen LogP contribution < -0.4 is 11.5 Å². The van der Waals surface area contributed by atoms with Crippen molar-refractivity contribution in [2.75, 3.05) is 0 Å². The zero-order chi connectivity index (χ0) is 15.5. The lowest BCUT2D eigenvalue weighted by Crippen LogP contribution is -2.19. The van der Waals surface area contributed by atoms with Crippen molar-refractivity contribution in [2.24, 2.45) is 11.5 Å². The van der Waals surface area contributed by atoms with E-state index in [1.54, 1.807) is 0 Å². The number of benzene rings is 1. The van der Waals surface area contributed by atoms with Crippen LogP contribution in [0.2, 0.25) is 0 Å². The third-order valence-electron chi connectivity index (χ3n) is 2.49. The van der Waals surface area contributed by atoms with Crippen LogP contribution in [-0.4, -0.2) is 22.2 Å². The molecule has 0 spiro atoms. The third-order valence-corrected chi connectivity index (χ3v) is 2.49. The van der Waals surface area contributed by atoms with Crippen molar-refractivity contribution in [1.29, 1.82) is 0 Å². The van der Waals surface area contributed by atoms with Crippen molar-refractivity contribution < 1.29 is 19.8 Å². The first-order valence-electron chi connectivity index (χ1n) is 6.34. The maximum absolute atomic E-state index is 9.90. The lowest BCUT2D eigenvalue weighted by Gasteiger charge is -2.04. The van der Waals surface area contributed by atoms with E-state index in [9.17, 15) is 9.59 Å². The Balaban J connectivity index is 0.000000361. The summed E-state index contributed by atoms with van der Waals surface area (Å²) in [5.41, 5.74) is 13.1. The standard InChI is InChI=1S/C8H12N2.C6H10O4/c1-6-2-4-7(5-3-6)8(9)10;7-5(8)3-1-2-4-6(9)10/h2-5,8H,9-10H2,1H3;1-4H2,(H,7,8)(H,9,10). The summed E-state index contributed by atoms with van der Waals surface area (Å²) in [5, 5.41) is 16.3. The molecule has 0 unspecified atom stereocenters. The van der Waals surface area contributed by atoms with Crippen molar-refractivity contribution in [2.45, 2.75) is 38.8 Å². The molecular weight excluding hydrogens is 260 g/mol. The van der Waals surface area contributed by atoms with Crippen LogP contribution in [0.4, 0.5) is 0 Å². The molecule has 6 nitrogen and oxygen atoms in total. The molecule has 0 aromatic heterocycles. The van der Waals surface area contributed by atoms with E-state index < -0.39 is 11.9 Å². The molecule has 0 fully saturated rings. The van der Waals surface area contributed by atoms with Crippen LogP contribution in [0, 0.1) is 6.92 Å². The van der Waals surface area contributed by atoms with E-state index in [1.807, 2.05) is 31.2 Å². The highest BCUT2D eigenvalue weighted by Gasteiger charge is 1.99. The summed E-state index contributed by atoms with van der Waals surface area (Å²) in [4.78, 5) is 19.8. The Kier molecular flexibility index (Phi) is 8.98. The number of nitrogens with two attached hydrogens (primary N) is 2. The second kappa shape index (κ2) is 9.94. The summed E-state index contributed by atoms with van der Waals surface area (Å²) in [6.45, 7) is 2.03. The Morgan fingerprint density at radius 3 is 1.70 bits per heavy atom. The molecule has 0 bridgehead atoms. The SMILES string of the molecule is Cc1ccc(C(N)N)cc1.O=C(O)CCCCC(=O)O. The molecule has 0 saturated carbocycles. The van der Waals surface area contributed by atoms with Gasteiger partial charge >= 0.3 is 11.9 Å². The van der Waals surface area contributed by atoms with Crippen molar-refractivity contribution in [3.05, 3.63) is 35.4 Å². The molecule has 6 N–H and O–H groups in total. The van der Waals surface area contributed by atoms with Crippen LogP contribution in [0.1, 0.15) is 43.0 Å². The number of carboxylic acid groups (broad SMARTS) is 2. The van der Waals surface area contributed by atoms with E-state index in [1.165, 1.54) is 5.56 Å². The minimum atomic E-state index is -0.870. The number of aryl methyl sites for hydroxylation is 1. The minimum absolute atomic E-state index is 0.0628. The normalized spacial score (nSPS) is 9.80. The van der Waals surface area contributed by atoms with E-state index in [2.05, 4.69) is 0 Å². The maximum atomic E-state index is 9.90. The molecule has 0 aliphatic rings. The highest BCUT2D eigenvalue weighted by Crippen LogP contribution is 2.05. The molecule has 0 saturated heterocycles. The number of carboxylic acids is 2. The van der Waals surface area contributed by atoms with Gasteiger partial charge in [-0.05, 0) is 25.3 Å². The lowest BCUT2D eigenvalue weighted by atomic mass is 10.1. The van der Waals surface area contributed by atoms with Crippen LogP contribution in [0.15, 0.2) is 24.3 Å². The number of hydrogen-bond donors (Lipinski definition) is 4. The fourth-order valence-corrected chi connectivity index (χ4v) is 1.34. The summed E-state index contributed by atoms with van der Waals surface area (Å²) in [7, 11) is 0. The van der Waals surface area contributed by atoms with E-state index in [-0.39, 0.29) is 19.0 Å². The van der Waals surface area contributed by atoms with E-state index >= 15 is 0 Å². The molecule has 0 amide bonds. The fraction of sp³-hybridized carbons (Fsp3) is 0.429. The number of rotatable bonds is 6. The fourth-order valence-electron chi connectivity index (χ4n) is 1.34. The van der Waals surface area contributed by atoms with Gasteiger partial charge < -0.3 is 21.7 Å². The molecule has 20 heavy (non-hydrogen) atoms. The summed E-state index contributed by atoms with van der Waals surface area (Å²) >= 11 is 0. The first-order valence-corrected chi connectivity index (χ1v) is 6.34. The topological polar surface area (TPSA) is 127 Å². The number of carbonyl (C=O) groups is 2. The number of hydrogen-bond acceptors (Lipinski definition) is 4. The third kappa shape index (κ3) is 10.0. The van der Waals surface area contributed by atoms with Gasteiger partial charge in [-0.3, -0.25) is 9.59 Å². The van der Waals surface area contributed by atoms with Crippen LogP contribution in [0.5, 0.6) is 0 Å². The summed E-state index contributed by atoms with van der Waals surface area (Å²) < 4.78 is 0. The summed E-state index contributed by atoms with van der Waals surface area (Å²) in [6.07, 6.45) is 0.671. The summed E-state index contributed by atoms with van der Waals surface area (Å²) in [6, 6.07) is 7.89. The van der Waals surface area contributed by atoms with Crippen LogP contribution >= 0.6 is 0 Å². The Morgan fingerprint density at radius 2 is 1.40 bits per heavy atom. The first-order chi connectivity index (χ1) is 9.32. The van der Waals surface area contributed by atoms with Crippen LogP contribution in [0.25, 0.3) is 0 Å². The van der Waals surface area contributed by atoms with Crippen molar-refractivity contribution in [3.63, 3.8) is 0 Å². The zero-order valence-electron chi connectivity index (χ0n) is 11.6. The Bertz CT molecular complexity index is 400. The van der Waals surface area contributed by atoms with Gasteiger partial charge in [-0.1, -0.05) is 29.8 Å². The average molecular weight is 282 g/mol. The molecule has 1 aromatic carbocycles. The molecule has 0 aliphatic carbocycles. The van der Waals surface area contributed by atoms with Crippen LogP contribution in [0.3, 0.4) is 0 Å². The van der Waals surface area contributed by atoms with Crippen molar-refractivity contribution in [3.8, 4) is 0 Å². The zero-order valence-corrected chi connectivity index (χ0v) is 11.6. The Hall–Kier alpha value is -1.92. The van der Waals surface area contributed by atoms with E-state index in [0.29, 0.717) is 12.8 Å². The highest BCUT2D eigenvalue weighted by atomic mass is 16.4. The minimum Gasteiger partial charge on any atom is -0.481 e. The Labute approximate surface area is 118 Å². The predicted octanol–water partition coefficient (Wildman–Crippen LogP) is 1.63. The molecule has 0 radical (unpaired) electrons. The molecule has 1 rings (SSSR count). The molecule has 0 atom stereocenters. The Morgan fingerprint density at radius 1 is 1.00 bits per heavy atom. The lowest BCUT2D eigenvalue weighted by molar-refractivity contribution is -0.139. The predicted molar refractivity (Wildman–Crippen MR) is 76.0 cm³/mol. The largest absolute Gasteiger partial charge is 0.481 e. The summed E-state index contributed by atoms with van der Waals surface area (Å²) in [5.74, 6) is -1.74. The van der Waals surface area contributed by atoms with E-state index in [4.69, 9.17) is 21.7 Å². The molecule has 1 aromatic rings. The maximum Gasteiger partial charge on any atom is 0.303 e. The van der Waals surface area contributed by atoms with Gasteiger partial charge in [0.2, 0.25) is 0 Å². The molecule has 0 aliphatic heterocycles. The number of aliphatic carboxylic acids is 2. The number of unbranched alkanes of at least 4 members (excludes halogenated alkanes) is 1. The van der Waals surface area contributed by atoms with Gasteiger partial charge in [0.1, 0.15) is 0 Å². The quantitative estimate of drug-likeness (QED) is 0.464. The monoisotopic (exact) mass is 282 g/mol. The second-order valence-electron chi connectivity index (χ2n) is 4.43. The van der Waals surface area contributed by atoms with Gasteiger partial charge in [0, 0.05) is 12.8 Å². The van der Waals surface area contributed by atoms with Crippen molar-refractivity contribution >= 4 is 11.9 Å². The van der Waals surface area contributed by atoms with Gasteiger partial charge in [-0.2, -0.15) is 0 Å². The van der Waals surface area contributed by atoms with Gasteiger partial charge in [0.25, 0.3) is 0 Å². The van der Waals surface area contributed by atoms with E-state index in [0.717, 1.165) is 5.56 Å². The smallest absolute Gasteiger partial charge is 0.303 e. The van der Waals surface area contributed by atoms with Crippen molar-refractivity contribution in [1.82, 2.24) is 0 Å². The average Bonchev–Trinajstić information content (AvgIpc) is 2.35. The second-order valence-corrected chi connectivity index (χ2v) is 4.43. The first kappa shape index (κ1) is 18.1. The highest BCUT2D eigenvalue weighted by molar-refractivity contribution is 5.67. The van der Waals surface area contributed by atoms with Gasteiger partial charge in [0.15, 0.2) is 0 Å².